The van der Waals surface area contributed by atoms with E-state index in [4.69, 9.17) is 4.74 Å². The van der Waals surface area contributed by atoms with Crippen LogP contribution in [0.4, 0.5) is 0 Å². The quantitative estimate of drug-likeness (QED) is 0.690. The van der Waals surface area contributed by atoms with Gasteiger partial charge in [0.25, 0.3) is 0 Å². The van der Waals surface area contributed by atoms with Crippen molar-refractivity contribution in [2.45, 2.75) is 26.3 Å². The second kappa shape index (κ2) is 4.84. The number of rotatable bonds is 4. The van der Waals surface area contributed by atoms with Gasteiger partial charge in [-0.1, -0.05) is 13.8 Å². The summed E-state index contributed by atoms with van der Waals surface area (Å²) in [7, 11) is 1.43. The van der Waals surface area contributed by atoms with Crippen LogP contribution in [-0.2, 0) is 9.53 Å². The Labute approximate surface area is 84.7 Å². The van der Waals surface area contributed by atoms with Gasteiger partial charge in [-0.15, -0.1) is 0 Å². The standard InChI is InChI=1S/C11H17NO2/c1-9(2)8-10(11(13)14-3)12-6-4-5-7-12/h4-7,9-10H,8H2,1-3H3/t10-/m0/s1. The number of methoxy groups -OCH3 is 1. The molecule has 0 amide bonds. The third-order valence-corrected chi connectivity index (χ3v) is 2.16. The minimum Gasteiger partial charge on any atom is -0.467 e. The summed E-state index contributed by atoms with van der Waals surface area (Å²) in [6.07, 6.45) is 4.59. The van der Waals surface area contributed by atoms with Gasteiger partial charge in [-0.2, -0.15) is 0 Å². The molecule has 1 aromatic heterocycles. The Bertz CT molecular complexity index is 277. The fourth-order valence-corrected chi connectivity index (χ4v) is 1.48. The largest absolute Gasteiger partial charge is 0.467 e. The molecular formula is C11H17NO2. The molecule has 1 heterocycles. The molecule has 0 unspecified atom stereocenters. The van der Waals surface area contributed by atoms with E-state index in [1.807, 2.05) is 29.1 Å². The second-order valence-corrected chi connectivity index (χ2v) is 3.80. The molecule has 0 bridgehead atoms. The Kier molecular flexibility index (Phi) is 3.74. The zero-order chi connectivity index (χ0) is 10.6. The first-order chi connectivity index (χ1) is 6.65. The molecule has 1 atom stereocenters. The fourth-order valence-electron chi connectivity index (χ4n) is 1.48. The van der Waals surface area contributed by atoms with Crippen LogP contribution in [0.3, 0.4) is 0 Å². The number of ether oxygens (including phenoxy) is 1. The number of nitrogens with zero attached hydrogens (tertiary/aromatic N) is 1. The van der Waals surface area contributed by atoms with Gasteiger partial charge in [0, 0.05) is 12.4 Å². The van der Waals surface area contributed by atoms with E-state index in [2.05, 4.69) is 13.8 Å². The lowest BCUT2D eigenvalue weighted by atomic mass is 10.0. The van der Waals surface area contributed by atoms with Gasteiger partial charge in [-0.25, -0.2) is 4.79 Å². The van der Waals surface area contributed by atoms with Crippen LogP contribution in [0.5, 0.6) is 0 Å². The van der Waals surface area contributed by atoms with Crippen LogP contribution in [0.2, 0.25) is 0 Å². The normalized spacial score (nSPS) is 12.9. The Morgan fingerprint density at radius 3 is 2.36 bits per heavy atom. The number of aromatic nitrogens is 1. The zero-order valence-corrected chi connectivity index (χ0v) is 8.93. The van der Waals surface area contributed by atoms with Crippen LogP contribution in [0.1, 0.15) is 26.3 Å². The van der Waals surface area contributed by atoms with Gasteiger partial charge in [0.1, 0.15) is 6.04 Å². The third kappa shape index (κ3) is 2.62. The summed E-state index contributed by atoms with van der Waals surface area (Å²) in [6.45, 7) is 4.19. The lowest BCUT2D eigenvalue weighted by Gasteiger charge is -2.18. The minimum absolute atomic E-state index is 0.171. The highest BCUT2D eigenvalue weighted by atomic mass is 16.5. The molecule has 0 aromatic carbocycles. The fraction of sp³-hybridized carbons (Fsp3) is 0.545. The number of carbonyl (C=O) groups is 1. The summed E-state index contributed by atoms with van der Waals surface area (Å²) < 4.78 is 6.67. The molecule has 0 aliphatic rings. The molecule has 0 fully saturated rings. The van der Waals surface area contributed by atoms with Crippen LogP contribution >= 0.6 is 0 Å². The first-order valence-electron chi connectivity index (χ1n) is 4.85. The molecule has 0 radical (unpaired) electrons. The van der Waals surface area contributed by atoms with Crippen molar-refractivity contribution < 1.29 is 9.53 Å². The van der Waals surface area contributed by atoms with Crippen molar-refractivity contribution in [1.29, 1.82) is 0 Å². The predicted octanol–water partition coefficient (Wildman–Crippen LogP) is 2.25. The molecule has 78 valence electrons. The van der Waals surface area contributed by atoms with Crippen molar-refractivity contribution in [3.8, 4) is 0 Å². The van der Waals surface area contributed by atoms with Crippen molar-refractivity contribution in [2.75, 3.05) is 7.11 Å². The average molecular weight is 195 g/mol. The van der Waals surface area contributed by atoms with E-state index in [0.29, 0.717) is 5.92 Å². The van der Waals surface area contributed by atoms with Gasteiger partial charge >= 0.3 is 5.97 Å². The van der Waals surface area contributed by atoms with E-state index in [1.54, 1.807) is 0 Å². The van der Waals surface area contributed by atoms with Crippen LogP contribution in [0.25, 0.3) is 0 Å². The molecule has 0 aliphatic heterocycles. The van der Waals surface area contributed by atoms with Gasteiger partial charge in [0.15, 0.2) is 0 Å². The lowest BCUT2D eigenvalue weighted by molar-refractivity contribution is -0.145. The van der Waals surface area contributed by atoms with E-state index in [9.17, 15) is 4.79 Å². The average Bonchev–Trinajstić information content (AvgIpc) is 2.65. The van der Waals surface area contributed by atoms with Gasteiger partial charge in [-0.05, 0) is 24.5 Å². The highest BCUT2D eigenvalue weighted by Crippen LogP contribution is 2.18. The van der Waals surface area contributed by atoms with E-state index in [0.717, 1.165) is 6.42 Å². The molecule has 1 aromatic rings. The summed E-state index contributed by atoms with van der Waals surface area (Å²) in [5, 5.41) is 0. The Morgan fingerprint density at radius 2 is 1.93 bits per heavy atom. The zero-order valence-electron chi connectivity index (χ0n) is 8.93. The molecule has 0 spiro atoms. The van der Waals surface area contributed by atoms with Crippen molar-refractivity contribution in [2.24, 2.45) is 5.92 Å². The Morgan fingerprint density at radius 1 is 1.36 bits per heavy atom. The predicted molar refractivity (Wildman–Crippen MR) is 54.9 cm³/mol. The summed E-state index contributed by atoms with van der Waals surface area (Å²) in [4.78, 5) is 11.5. The minimum atomic E-state index is -0.185. The number of esters is 1. The van der Waals surface area contributed by atoms with E-state index >= 15 is 0 Å². The highest BCUT2D eigenvalue weighted by Gasteiger charge is 2.21. The Balaban J connectivity index is 2.77. The topological polar surface area (TPSA) is 31.2 Å². The molecule has 0 aliphatic carbocycles. The SMILES string of the molecule is COC(=O)[C@H](CC(C)C)n1cccc1. The summed E-state index contributed by atoms with van der Waals surface area (Å²) in [5.74, 6) is 0.302. The summed E-state index contributed by atoms with van der Waals surface area (Å²) >= 11 is 0. The first-order valence-corrected chi connectivity index (χ1v) is 4.85. The molecule has 3 nitrogen and oxygen atoms in total. The maximum absolute atomic E-state index is 11.5. The monoisotopic (exact) mass is 195 g/mol. The molecule has 14 heavy (non-hydrogen) atoms. The van der Waals surface area contributed by atoms with Gasteiger partial charge in [0.2, 0.25) is 0 Å². The molecule has 1 rings (SSSR count). The van der Waals surface area contributed by atoms with Gasteiger partial charge in [-0.3, -0.25) is 0 Å². The van der Waals surface area contributed by atoms with Crippen LogP contribution in [0.15, 0.2) is 24.5 Å². The number of hydrogen-bond donors (Lipinski definition) is 0. The van der Waals surface area contributed by atoms with Gasteiger partial charge in [0.05, 0.1) is 7.11 Å². The maximum atomic E-state index is 11.5. The first kappa shape index (κ1) is 10.8. The van der Waals surface area contributed by atoms with Crippen molar-refractivity contribution in [1.82, 2.24) is 4.57 Å². The maximum Gasteiger partial charge on any atom is 0.328 e. The smallest absolute Gasteiger partial charge is 0.328 e. The molecule has 3 heteroatoms. The van der Waals surface area contributed by atoms with E-state index < -0.39 is 0 Å². The summed E-state index contributed by atoms with van der Waals surface area (Å²) in [6, 6.07) is 3.64. The van der Waals surface area contributed by atoms with Crippen molar-refractivity contribution >= 4 is 5.97 Å². The molecule has 0 N–H and O–H groups in total. The Hall–Kier alpha value is -1.25. The third-order valence-electron chi connectivity index (χ3n) is 2.16. The van der Waals surface area contributed by atoms with Crippen LogP contribution in [0, 0.1) is 5.92 Å². The van der Waals surface area contributed by atoms with Crippen molar-refractivity contribution in [3.05, 3.63) is 24.5 Å². The molecular weight excluding hydrogens is 178 g/mol. The van der Waals surface area contributed by atoms with Crippen LogP contribution < -0.4 is 0 Å². The summed E-state index contributed by atoms with van der Waals surface area (Å²) in [5.41, 5.74) is 0. The van der Waals surface area contributed by atoms with E-state index in [1.165, 1.54) is 7.11 Å². The second-order valence-electron chi connectivity index (χ2n) is 3.80. The van der Waals surface area contributed by atoms with Crippen LogP contribution in [-0.4, -0.2) is 17.6 Å². The lowest BCUT2D eigenvalue weighted by Crippen LogP contribution is -2.21. The highest BCUT2D eigenvalue weighted by molar-refractivity contribution is 5.74. The van der Waals surface area contributed by atoms with E-state index in [-0.39, 0.29) is 12.0 Å². The number of hydrogen-bond acceptors (Lipinski definition) is 2. The molecule has 0 saturated carbocycles. The molecule has 0 saturated heterocycles. The van der Waals surface area contributed by atoms with Gasteiger partial charge < -0.3 is 9.30 Å². The van der Waals surface area contributed by atoms with Crippen molar-refractivity contribution in [3.63, 3.8) is 0 Å². The number of carbonyl (C=O) groups excluding carboxylic acids is 1.